The number of benzene rings is 4. The number of fused-ring (bicyclic) bond motifs is 7. The molecule has 43 heavy (non-hydrogen) atoms. The molecule has 0 radical (unpaired) electrons. The lowest BCUT2D eigenvalue weighted by Gasteiger charge is -2.37. The van der Waals surface area contributed by atoms with E-state index in [2.05, 4.69) is 139 Å². The van der Waals surface area contributed by atoms with Crippen LogP contribution in [0.4, 0.5) is 5.69 Å². The minimum Gasteiger partial charge on any atom is -0.318 e. The molecule has 0 N–H and O–H groups in total. The Bertz CT molecular complexity index is 1900. The van der Waals surface area contributed by atoms with Crippen molar-refractivity contribution in [2.45, 2.75) is 44.1 Å². The van der Waals surface area contributed by atoms with Crippen LogP contribution in [0.15, 0.2) is 149 Å². The summed E-state index contributed by atoms with van der Waals surface area (Å²) in [5.74, 6) is 1.57. The van der Waals surface area contributed by atoms with E-state index in [1.807, 2.05) is 0 Å². The second kappa shape index (κ2) is 9.41. The predicted octanol–water partition coefficient (Wildman–Crippen LogP) is 9.18. The van der Waals surface area contributed by atoms with Crippen LogP contribution in [0.3, 0.4) is 0 Å². The quantitative estimate of drug-likeness (QED) is 0.246. The van der Waals surface area contributed by atoms with E-state index >= 15 is 0 Å². The number of hydrogen-bond acceptors (Lipinski definition) is 2. The lowest BCUT2D eigenvalue weighted by molar-refractivity contribution is 0.694. The molecule has 0 amide bonds. The van der Waals surface area contributed by atoms with Gasteiger partial charge in [0.15, 0.2) is 0 Å². The number of allylic oxidation sites excluding steroid dienone is 6. The molecule has 4 aromatic carbocycles. The van der Waals surface area contributed by atoms with Crippen LogP contribution in [0.5, 0.6) is 0 Å². The van der Waals surface area contributed by atoms with Gasteiger partial charge in [0.25, 0.3) is 0 Å². The Labute approximate surface area is 254 Å². The van der Waals surface area contributed by atoms with Crippen LogP contribution in [0.2, 0.25) is 0 Å². The van der Waals surface area contributed by atoms with Gasteiger partial charge in [-0.25, -0.2) is 4.99 Å². The van der Waals surface area contributed by atoms with Crippen molar-refractivity contribution in [3.63, 3.8) is 0 Å². The average Bonchev–Trinajstić information content (AvgIpc) is 3.59. The van der Waals surface area contributed by atoms with Gasteiger partial charge in [-0.2, -0.15) is 0 Å². The van der Waals surface area contributed by atoms with E-state index in [4.69, 9.17) is 4.99 Å². The molecule has 2 heteroatoms. The molecule has 2 heterocycles. The van der Waals surface area contributed by atoms with Gasteiger partial charge in [-0.1, -0.05) is 116 Å². The molecule has 2 unspecified atom stereocenters. The zero-order valence-corrected chi connectivity index (χ0v) is 24.5. The molecule has 5 aliphatic rings. The van der Waals surface area contributed by atoms with Crippen molar-refractivity contribution >= 4 is 17.1 Å². The molecule has 0 aromatic heterocycles. The van der Waals surface area contributed by atoms with Crippen LogP contribution in [0.25, 0.3) is 5.57 Å². The zero-order chi connectivity index (χ0) is 28.5. The van der Waals surface area contributed by atoms with Crippen LogP contribution >= 0.6 is 0 Å². The molecule has 3 aliphatic carbocycles. The van der Waals surface area contributed by atoms with Gasteiger partial charge in [0.1, 0.15) is 5.84 Å². The average molecular weight is 555 g/mol. The lowest BCUT2D eigenvalue weighted by Crippen LogP contribution is -2.43. The minimum absolute atomic E-state index is 0.333. The van der Waals surface area contributed by atoms with Crippen LogP contribution in [-0.2, 0) is 11.8 Å². The Morgan fingerprint density at radius 2 is 1.58 bits per heavy atom. The highest BCUT2D eigenvalue weighted by atomic mass is 15.3. The van der Waals surface area contributed by atoms with Gasteiger partial charge in [0, 0.05) is 11.3 Å². The van der Waals surface area contributed by atoms with Crippen molar-refractivity contribution in [3.05, 3.63) is 178 Å². The molecule has 9 rings (SSSR count). The molecule has 2 atom stereocenters. The van der Waals surface area contributed by atoms with Crippen molar-refractivity contribution in [1.82, 2.24) is 0 Å². The highest BCUT2D eigenvalue weighted by Crippen LogP contribution is 2.59. The van der Waals surface area contributed by atoms with Gasteiger partial charge in [0.2, 0.25) is 0 Å². The summed E-state index contributed by atoms with van der Waals surface area (Å²) < 4.78 is 0. The van der Waals surface area contributed by atoms with E-state index in [1.54, 1.807) is 0 Å². The van der Waals surface area contributed by atoms with Crippen LogP contribution in [-0.4, -0.2) is 11.9 Å². The van der Waals surface area contributed by atoms with Crippen molar-refractivity contribution in [2.75, 3.05) is 4.90 Å². The summed E-state index contributed by atoms with van der Waals surface area (Å²) >= 11 is 0. The maximum Gasteiger partial charge on any atom is 0.141 e. The highest BCUT2D eigenvalue weighted by Gasteiger charge is 2.49. The fourth-order valence-corrected chi connectivity index (χ4v) is 8.39. The molecule has 0 saturated carbocycles. The number of nitrogens with zero attached hydrogens (tertiary/aromatic N) is 2. The summed E-state index contributed by atoms with van der Waals surface area (Å²) in [5, 5.41) is 0. The summed E-state index contributed by atoms with van der Waals surface area (Å²) in [4.78, 5) is 7.99. The first kappa shape index (κ1) is 24.9. The Kier molecular flexibility index (Phi) is 5.44. The largest absolute Gasteiger partial charge is 0.318 e. The van der Waals surface area contributed by atoms with Gasteiger partial charge in [-0.3, -0.25) is 0 Å². The SMILES string of the molecule is CC1C=C2C(=CC1)c1ccc(C3=NC4=C(CCC=C4)C4Cc5ccccc5N34)cc1C2(c1ccccc1)c1ccccc1. The lowest BCUT2D eigenvalue weighted by atomic mass is 9.66. The van der Waals surface area contributed by atoms with Crippen LogP contribution in [0, 0.1) is 5.92 Å². The number of hydrogen-bond donors (Lipinski definition) is 0. The van der Waals surface area contributed by atoms with E-state index in [1.165, 1.54) is 61.5 Å². The molecule has 2 aliphatic heterocycles. The second-order valence-electron chi connectivity index (χ2n) is 12.7. The van der Waals surface area contributed by atoms with Crippen molar-refractivity contribution in [3.8, 4) is 0 Å². The van der Waals surface area contributed by atoms with Crippen molar-refractivity contribution in [1.29, 1.82) is 0 Å². The molecule has 0 fully saturated rings. The van der Waals surface area contributed by atoms with E-state index in [0.29, 0.717) is 12.0 Å². The predicted molar refractivity (Wildman–Crippen MR) is 177 cm³/mol. The van der Waals surface area contributed by atoms with E-state index in [0.717, 1.165) is 31.5 Å². The number of aliphatic imine (C=N–C) groups is 1. The molecular weight excluding hydrogens is 520 g/mol. The number of amidine groups is 1. The van der Waals surface area contributed by atoms with E-state index in [-0.39, 0.29) is 5.41 Å². The fraction of sp³-hybridized carbons (Fsp3) is 0.195. The Balaban J connectivity index is 1.32. The number of anilines is 1. The summed E-state index contributed by atoms with van der Waals surface area (Å²) in [6, 6.07) is 38.8. The maximum absolute atomic E-state index is 5.44. The van der Waals surface area contributed by atoms with Gasteiger partial charge < -0.3 is 4.90 Å². The number of para-hydroxylation sites is 1. The summed E-state index contributed by atoms with van der Waals surface area (Å²) in [5.41, 5.74) is 14.3. The third kappa shape index (κ3) is 3.50. The van der Waals surface area contributed by atoms with Gasteiger partial charge in [-0.05, 0) is 94.3 Å². The van der Waals surface area contributed by atoms with Gasteiger partial charge in [0.05, 0.1) is 17.2 Å². The zero-order valence-electron chi connectivity index (χ0n) is 24.5. The summed E-state index contributed by atoms with van der Waals surface area (Å²) in [6.07, 6.45) is 13.9. The third-order valence-electron chi connectivity index (χ3n) is 10.2. The first-order chi connectivity index (χ1) is 21.2. The fourth-order valence-electron chi connectivity index (χ4n) is 8.39. The second-order valence-corrected chi connectivity index (χ2v) is 12.7. The normalized spacial score (nSPS) is 22.5. The van der Waals surface area contributed by atoms with E-state index in [9.17, 15) is 0 Å². The molecule has 208 valence electrons. The van der Waals surface area contributed by atoms with Gasteiger partial charge >= 0.3 is 0 Å². The molecule has 0 saturated heterocycles. The standard InChI is InChI=1S/C41H34N2/c1-27-20-22-32-33-23-21-29(40-42-37-18-10-9-17-34(37)39-26-28-12-8-11-19-38(28)43(39)40)25-36(33)41(35(32)24-27,30-13-4-2-5-14-30)31-15-6-3-7-16-31/h2-8,10-16,18-19,21-25,27,39H,9,17,20,26H2,1H3. The number of rotatable bonds is 3. The Morgan fingerprint density at radius 1 is 0.837 bits per heavy atom. The third-order valence-corrected chi connectivity index (χ3v) is 10.2. The Hall–Kier alpha value is -4.69. The van der Waals surface area contributed by atoms with Crippen LogP contribution < -0.4 is 4.90 Å². The molecule has 0 spiro atoms. The van der Waals surface area contributed by atoms with Crippen molar-refractivity contribution in [2.24, 2.45) is 10.9 Å². The monoisotopic (exact) mass is 554 g/mol. The Morgan fingerprint density at radius 3 is 2.37 bits per heavy atom. The summed E-state index contributed by atoms with van der Waals surface area (Å²) in [6.45, 7) is 2.35. The topological polar surface area (TPSA) is 15.6 Å². The minimum atomic E-state index is -0.388. The first-order valence-corrected chi connectivity index (χ1v) is 15.8. The highest BCUT2D eigenvalue weighted by molar-refractivity contribution is 6.14. The smallest absolute Gasteiger partial charge is 0.141 e. The van der Waals surface area contributed by atoms with E-state index < -0.39 is 0 Å². The summed E-state index contributed by atoms with van der Waals surface area (Å²) in [7, 11) is 0. The van der Waals surface area contributed by atoms with Crippen LogP contribution in [0.1, 0.15) is 59.6 Å². The molecule has 2 nitrogen and oxygen atoms in total. The molecule has 4 aromatic rings. The molecular formula is C41H34N2. The molecule has 0 bridgehead atoms. The van der Waals surface area contributed by atoms with Gasteiger partial charge in [-0.15, -0.1) is 0 Å². The maximum atomic E-state index is 5.44. The van der Waals surface area contributed by atoms with Crippen molar-refractivity contribution < 1.29 is 0 Å². The first-order valence-electron chi connectivity index (χ1n) is 15.8.